The highest BCUT2D eigenvalue weighted by Crippen LogP contribution is 2.26. The molecule has 2 aromatic carbocycles. The molecule has 130 valence electrons. The first kappa shape index (κ1) is 17.1. The minimum atomic E-state index is -0.331. The molecule has 0 spiro atoms. The Balaban J connectivity index is 2.05. The molecule has 6 nitrogen and oxygen atoms in total. The van der Waals surface area contributed by atoms with Crippen LogP contribution in [0.2, 0.25) is 5.02 Å². The number of aromatic nitrogens is 2. The predicted octanol–water partition coefficient (Wildman–Crippen LogP) is 3.10. The lowest BCUT2D eigenvalue weighted by atomic mass is 10.1. The van der Waals surface area contributed by atoms with Gasteiger partial charge in [0.15, 0.2) is 0 Å². The largest absolute Gasteiger partial charge is 0.496 e. The first-order valence-electron chi connectivity index (χ1n) is 7.64. The second-order valence-electron chi connectivity index (χ2n) is 5.86. The number of carbonyl (C=O) groups excluding carboxylic acids is 1. The van der Waals surface area contributed by atoms with E-state index in [2.05, 4.69) is 5.32 Å². The molecule has 0 bridgehead atoms. The molecule has 1 N–H and O–H groups in total. The SMILES string of the molecule is COc1ccc(Cl)cc1C(=O)Nc1cc2c(cc1C)n(C)c(=O)n2C. The number of halogens is 1. The monoisotopic (exact) mass is 359 g/mol. The number of anilines is 1. The van der Waals surface area contributed by atoms with Crippen molar-refractivity contribution in [2.24, 2.45) is 14.1 Å². The number of aryl methyl sites for hydroxylation is 3. The molecule has 7 heteroatoms. The van der Waals surface area contributed by atoms with Crippen molar-refractivity contribution < 1.29 is 9.53 Å². The maximum atomic E-state index is 12.7. The van der Waals surface area contributed by atoms with E-state index in [9.17, 15) is 9.59 Å². The van der Waals surface area contributed by atoms with Gasteiger partial charge in [-0.1, -0.05) is 11.6 Å². The molecular weight excluding hydrogens is 342 g/mol. The molecule has 3 rings (SSSR count). The molecule has 1 amide bonds. The van der Waals surface area contributed by atoms with E-state index >= 15 is 0 Å². The summed E-state index contributed by atoms with van der Waals surface area (Å²) < 4.78 is 8.35. The van der Waals surface area contributed by atoms with Gasteiger partial charge in [0.1, 0.15) is 5.75 Å². The lowest BCUT2D eigenvalue weighted by molar-refractivity contribution is 0.102. The average Bonchev–Trinajstić information content (AvgIpc) is 2.79. The van der Waals surface area contributed by atoms with Crippen molar-refractivity contribution >= 4 is 34.2 Å². The van der Waals surface area contributed by atoms with Crippen LogP contribution in [-0.2, 0) is 14.1 Å². The maximum absolute atomic E-state index is 12.7. The summed E-state index contributed by atoms with van der Waals surface area (Å²) in [5, 5.41) is 3.32. The number of nitrogens with zero attached hydrogens (tertiary/aromatic N) is 2. The van der Waals surface area contributed by atoms with Crippen LogP contribution in [0.1, 0.15) is 15.9 Å². The number of carbonyl (C=O) groups is 1. The zero-order valence-electron chi connectivity index (χ0n) is 14.4. The van der Waals surface area contributed by atoms with Crippen LogP contribution in [0.4, 0.5) is 5.69 Å². The van der Waals surface area contributed by atoms with Gasteiger partial charge in [-0.05, 0) is 42.8 Å². The number of hydrogen-bond acceptors (Lipinski definition) is 3. The number of fused-ring (bicyclic) bond motifs is 1. The van der Waals surface area contributed by atoms with Crippen LogP contribution >= 0.6 is 11.6 Å². The number of ether oxygens (including phenoxy) is 1. The summed E-state index contributed by atoms with van der Waals surface area (Å²) in [6.07, 6.45) is 0. The van der Waals surface area contributed by atoms with Crippen molar-refractivity contribution in [1.82, 2.24) is 9.13 Å². The third kappa shape index (κ3) is 2.89. The van der Waals surface area contributed by atoms with E-state index in [-0.39, 0.29) is 11.6 Å². The van der Waals surface area contributed by atoms with Gasteiger partial charge in [-0.2, -0.15) is 0 Å². The third-order valence-electron chi connectivity index (χ3n) is 4.27. The molecule has 3 aromatic rings. The smallest absolute Gasteiger partial charge is 0.328 e. The van der Waals surface area contributed by atoms with Crippen molar-refractivity contribution in [1.29, 1.82) is 0 Å². The Hall–Kier alpha value is -2.73. The highest BCUT2D eigenvalue weighted by molar-refractivity contribution is 6.31. The van der Waals surface area contributed by atoms with Crippen LogP contribution in [0.25, 0.3) is 11.0 Å². The summed E-state index contributed by atoms with van der Waals surface area (Å²) in [6, 6.07) is 8.53. The summed E-state index contributed by atoms with van der Waals surface area (Å²) in [6.45, 7) is 1.88. The van der Waals surface area contributed by atoms with Crippen LogP contribution in [0, 0.1) is 6.92 Å². The van der Waals surface area contributed by atoms with Gasteiger partial charge in [0, 0.05) is 24.8 Å². The van der Waals surface area contributed by atoms with E-state index in [4.69, 9.17) is 16.3 Å². The normalized spacial score (nSPS) is 10.9. The summed E-state index contributed by atoms with van der Waals surface area (Å²) in [5.74, 6) is 0.107. The van der Waals surface area contributed by atoms with Crippen molar-refractivity contribution in [3.8, 4) is 5.75 Å². The highest BCUT2D eigenvalue weighted by Gasteiger charge is 2.16. The Kier molecular flexibility index (Phi) is 4.30. The molecule has 0 aliphatic rings. The van der Waals surface area contributed by atoms with E-state index < -0.39 is 0 Å². The van der Waals surface area contributed by atoms with Crippen molar-refractivity contribution in [2.45, 2.75) is 6.92 Å². The van der Waals surface area contributed by atoms with E-state index in [1.54, 1.807) is 47.5 Å². The molecule has 1 heterocycles. The summed E-state index contributed by atoms with van der Waals surface area (Å²) in [7, 11) is 4.92. The molecule has 0 radical (unpaired) electrons. The summed E-state index contributed by atoms with van der Waals surface area (Å²) in [4.78, 5) is 24.8. The molecule has 0 unspecified atom stereocenters. The number of nitrogens with one attached hydrogen (secondary N) is 1. The van der Waals surface area contributed by atoms with E-state index in [1.807, 2.05) is 13.0 Å². The van der Waals surface area contributed by atoms with Crippen molar-refractivity contribution in [3.63, 3.8) is 0 Å². The Bertz CT molecular complexity index is 1050. The predicted molar refractivity (Wildman–Crippen MR) is 98.9 cm³/mol. The zero-order valence-corrected chi connectivity index (χ0v) is 15.1. The summed E-state index contributed by atoms with van der Waals surface area (Å²) in [5.41, 5.74) is 3.25. The molecule has 0 saturated carbocycles. The highest BCUT2D eigenvalue weighted by atomic mass is 35.5. The number of rotatable bonds is 3. The Morgan fingerprint density at radius 2 is 1.76 bits per heavy atom. The topological polar surface area (TPSA) is 65.3 Å². The zero-order chi connectivity index (χ0) is 18.3. The fourth-order valence-electron chi connectivity index (χ4n) is 2.83. The van der Waals surface area contributed by atoms with E-state index in [0.717, 1.165) is 16.6 Å². The van der Waals surface area contributed by atoms with Gasteiger partial charge in [0.25, 0.3) is 5.91 Å². The summed E-state index contributed by atoms with van der Waals surface area (Å²) >= 11 is 5.99. The van der Waals surface area contributed by atoms with Crippen LogP contribution in [0.5, 0.6) is 5.75 Å². The van der Waals surface area contributed by atoms with Gasteiger partial charge < -0.3 is 10.1 Å². The van der Waals surface area contributed by atoms with Crippen LogP contribution in [0.3, 0.4) is 0 Å². The number of methoxy groups -OCH3 is 1. The van der Waals surface area contributed by atoms with Gasteiger partial charge in [-0.3, -0.25) is 13.9 Å². The molecule has 0 saturated heterocycles. The second-order valence-corrected chi connectivity index (χ2v) is 6.29. The first-order valence-corrected chi connectivity index (χ1v) is 8.02. The Morgan fingerprint density at radius 1 is 1.12 bits per heavy atom. The molecule has 0 aliphatic carbocycles. The second kappa shape index (κ2) is 6.29. The van der Waals surface area contributed by atoms with E-state index in [0.29, 0.717) is 22.0 Å². The van der Waals surface area contributed by atoms with E-state index in [1.165, 1.54) is 7.11 Å². The van der Waals surface area contributed by atoms with Crippen LogP contribution in [0.15, 0.2) is 35.1 Å². The van der Waals surface area contributed by atoms with Gasteiger partial charge in [-0.25, -0.2) is 4.79 Å². The number of hydrogen-bond donors (Lipinski definition) is 1. The van der Waals surface area contributed by atoms with Gasteiger partial charge in [-0.15, -0.1) is 0 Å². The Labute approximate surface area is 149 Å². The maximum Gasteiger partial charge on any atom is 0.328 e. The number of benzene rings is 2. The molecule has 25 heavy (non-hydrogen) atoms. The first-order chi connectivity index (χ1) is 11.8. The lowest BCUT2D eigenvalue weighted by Gasteiger charge is -2.12. The lowest BCUT2D eigenvalue weighted by Crippen LogP contribution is -2.19. The van der Waals surface area contributed by atoms with Crippen molar-refractivity contribution in [3.05, 3.63) is 57.0 Å². The molecule has 0 aliphatic heterocycles. The van der Waals surface area contributed by atoms with Gasteiger partial charge >= 0.3 is 5.69 Å². The fraction of sp³-hybridized carbons (Fsp3) is 0.222. The van der Waals surface area contributed by atoms with Gasteiger partial charge in [0.2, 0.25) is 0 Å². The molecule has 0 fully saturated rings. The quantitative estimate of drug-likeness (QED) is 0.781. The Morgan fingerprint density at radius 3 is 2.40 bits per heavy atom. The third-order valence-corrected chi connectivity index (χ3v) is 4.51. The minimum Gasteiger partial charge on any atom is -0.496 e. The molecule has 0 atom stereocenters. The number of amides is 1. The van der Waals surface area contributed by atoms with Crippen molar-refractivity contribution in [2.75, 3.05) is 12.4 Å². The number of imidazole rings is 1. The average molecular weight is 360 g/mol. The van der Waals surface area contributed by atoms with Crippen LogP contribution in [-0.4, -0.2) is 22.2 Å². The van der Waals surface area contributed by atoms with Gasteiger partial charge in [0.05, 0.1) is 23.7 Å². The molecular formula is C18H18ClN3O3. The van der Waals surface area contributed by atoms with Crippen LogP contribution < -0.4 is 15.7 Å². The minimum absolute atomic E-state index is 0.116. The standard InChI is InChI=1S/C18H18ClN3O3/c1-10-7-14-15(22(3)18(24)21(14)2)9-13(10)20-17(23)12-8-11(19)5-6-16(12)25-4/h5-9H,1-4H3,(H,20,23). The molecule has 1 aromatic heterocycles. The fourth-order valence-corrected chi connectivity index (χ4v) is 3.00.